The lowest BCUT2D eigenvalue weighted by Crippen LogP contribution is -2.28. The first-order valence-corrected chi connectivity index (χ1v) is 9.94. The van der Waals surface area contributed by atoms with E-state index in [-0.39, 0.29) is 30.5 Å². The molecule has 0 spiro atoms. The van der Waals surface area contributed by atoms with E-state index in [1.54, 1.807) is 25.3 Å². The van der Waals surface area contributed by atoms with E-state index >= 15 is 0 Å². The van der Waals surface area contributed by atoms with E-state index in [0.29, 0.717) is 22.2 Å². The van der Waals surface area contributed by atoms with Crippen LogP contribution in [0.2, 0.25) is 0 Å². The van der Waals surface area contributed by atoms with Crippen LogP contribution in [0.25, 0.3) is 0 Å². The summed E-state index contributed by atoms with van der Waals surface area (Å²) in [6, 6.07) is 5.15. The van der Waals surface area contributed by atoms with E-state index in [2.05, 4.69) is 10.3 Å². The first-order valence-electron chi connectivity index (χ1n) is 8.95. The van der Waals surface area contributed by atoms with Crippen molar-refractivity contribution in [3.8, 4) is 11.5 Å². The summed E-state index contributed by atoms with van der Waals surface area (Å²) in [5, 5.41) is 12.6. The molecule has 3 rings (SSSR count). The molecule has 0 bridgehead atoms. The largest absolute Gasteiger partial charge is 0.497 e. The maximum absolute atomic E-state index is 12.4. The highest BCUT2D eigenvalue weighted by molar-refractivity contribution is 8.00. The van der Waals surface area contributed by atoms with Crippen LogP contribution < -0.4 is 20.5 Å². The fourth-order valence-corrected chi connectivity index (χ4v) is 4.14. The minimum atomic E-state index is -0.382. The number of thioether (sulfide) groups is 1. The Hall–Kier alpha value is -2.52. The van der Waals surface area contributed by atoms with Gasteiger partial charge in [-0.25, -0.2) is 4.79 Å². The average Bonchev–Trinajstić information content (AvgIpc) is 3.18. The molecule has 2 aromatic rings. The topological polar surface area (TPSA) is 103 Å². The molecule has 1 aliphatic carbocycles. The molecular formula is C19H23N3O5S. The number of aliphatic hydroxyl groups is 1. The molecule has 0 aliphatic heterocycles. The number of rotatable bonds is 8. The van der Waals surface area contributed by atoms with Crippen LogP contribution >= 0.6 is 11.8 Å². The van der Waals surface area contributed by atoms with Gasteiger partial charge in [-0.15, -0.1) is 0 Å². The van der Waals surface area contributed by atoms with Crippen LogP contribution in [-0.2, 0) is 24.2 Å². The second-order valence-electron chi connectivity index (χ2n) is 6.26. The first-order chi connectivity index (χ1) is 13.6. The third-order valence-electron chi connectivity index (χ3n) is 4.55. The summed E-state index contributed by atoms with van der Waals surface area (Å²) in [5.41, 5.74) is 2.06. The zero-order valence-corrected chi connectivity index (χ0v) is 16.7. The number of fused-ring (bicyclic) bond motifs is 1. The van der Waals surface area contributed by atoms with E-state index in [1.807, 2.05) is 0 Å². The predicted octanol–water partition coefficient (Wildman–Crippen LogP) is 1.47. The van der Waals surface area contributed by atoms with Crippen molar-refractivity contribution >= 4 is 23.4 Å². The molecule has 1 heterocycles. The van der Waals surface area contributed by atoms with Gasteiger partial charge in [0.2, 0.25) is 5.91 Å². The van der Waals surface area contributed by atoms with Crippen molar-refractivity contribution in [3.63, 3.8) is 0 Å². The molecule has 1 aromatic heterocycles. The number of benzene rings is 1. The number of carbonyl (C=O) groups excluding carboxylic acids is 1. The van der Waals surface area contributed by atoms with Gasteiger partial charge >= 0.3 is 5.69 Å². The van der Waals surface area contributed by atoms with Gasteiger partial charge in [0.15, 0.2) is 0 Å². The van der Waals surface area contributed by atoms with Gasteiger partial charge in [0.1, 0.15) is 16.5 Å². The Morgan fingerprint density at radius 3 is 2.86 bits per heavy atom. The second kappa shape index (κ2) is 9.11. The monoisotopic (exact) mass is 405 g/mol. The van der Waals surface area contributed by atoms with Crippen molar-refractivity contribution in [3.05, 3.63) is 39.9 Å². The molecule has 28 heavy (non-hydrogen) atoms. The number of nitrogens with zero attached hydrogens (tertiary/aromatic N) is 2. The van der Waals surface area contributed by atoms with Crippen LogP contribution in [0.4, 0.5) is 5.69 Å². The van der Waals surface area contributed by atoms with Crippen molar-refractivity contribution in [2.75, 3.05) is 31.9 Å². The van der Waals surface area contributed by atoms with Gasteiger partial charge in [-0.2, -0.15) is 4.98 Å². The molecule has 9 heteroatoms. The number of methoxy groups -OCH3 is 2. The maximum Gasteiger partial charge on any atom is 0.348 e. The van der Waals surface area contributed by atoms with Crippen LogP contribution in [0.3, 0.4) is 0 Å². The minimum Gasteiger partial charge on any atom is -0.497 e. The van der Waals surface area contributed by atoms with Crippen molar-refractivity contribution in [2.24, 2.45) is 0 Å². The molecule has 2 N–H and O–H groups in total. The number of ether oxygens (including phenoxy) is 2. The molecule has 1 amide bonds. The minimum absolute atomic E-state index is 0.106. The van der Waals surface area contributed by atoms with Crippen molar-refractivity contribution in [1.29, 1.82) is 0 Å². The summed E-state index contributed by atoms with van der Waals surface area (Å²) >= 11 is 1.25. The number of hydrogen-bond acceptors (Lipinski definition) is 7. The average molecular weight is 405 g/mol. The summed E-state index contributed by atoms with van der Waals surface area (Å²) in [4.78, 5) is 28.8. The molecular weight excluding hydrogens is 382 g/mol. The molecule has 0 radical (unpaired) electrons. The quantitative estimate of drug-likeness (QED) is 0.506. The highest BCUT2D eigenvalue weighted by Gasteiger charge is 2.22. The van der Waals surface area contributed by atoms with Crippen molar-refractivity contribution in [2.45, 2.75) is 30.8 Å². The number of aliphatic hydroxyl groups excluding tert-OH is 1. The van der Waals surface area contributed by atoms with E-state index < -0.39 is 0 Å². The number of nitrogens with one attached hydrogen (secondary N) is 1. The van der Waals surface area contributed by atoms with E-state index in [0.717, 1.165) is 30.5 Å². The van der Waals surface area contributed by atoms with Crippen molar-refractivity contribution < 1.29 is 19.4 Å². The third-order valence-corrected chi connectivity index (χ3v) is 5.56. The van der Waals surface area contributed by atoms with Crippen LogP contribution in [0, 0.1) is 0 Å². The van der Waals surface area contributed by atoms with Gasteiger partial charge < -0.3 is 19.9 Å². The van der Waals surface area contributed by atoms with Gasteiger partial charge in [0.25, 0.3) is 0 Å². The Bertz CT molecular complexity index is 929. The lowest BCUT2D eigenvalue weighted by molar-refractivity contribution is -0.113. The van der Waals surface area contributed by atoms with E-state index in [9.17, 15) is 14.7 Å². The van der Waals surface area contributed by atoms with Crippen LogP contribution in [-0.4, -0.2) is 47.1 Å². The fourth-order valence-electron chi connectivity index (χ4n) is 3.27. The second-order valence-corrected chi connectivity index (χ2v) is 7.22. The SMILES string of the molecule is COc1ccc(OC)c(NC(=O)CSc2nc(=O)n(CCO)c3c2CCC3)c1. The Kier molecular flexibility index (Phi) is 6.58. The first kappa shape index (κ1) is 20.2. The zero-order chi connectivity index (χ0) is 20.1. The third kappa shape index (κ3) is 4.31. The number of carbonyl (C=O) groups is 1. The summed E-state index contributed by atoms with van der Waals surface area (Å²) in [5.74, 6) is 1.02. The highest BCUT2D eigenvalue weighted by atomic mass is 32.2. The lowest BCUT2D eigenvalue weighted by Gasteiger charge is -2.14. The number of amides is 1. The number of aromatic nitrogens is 2. The zero-order valence-electron chi connectivity index (χ0n) is 15.9. The van der Waals surface area contributed by atoms with E-state index in [4.69, 9.17) is 9.47 Å². The summed E-state index contributed by atoms with van der Waals surface area (Å²) in [7, 11) is 3.08. The molecule has 150 valence electrons. The van der Waals surface area contributed by atoms with Gasteiger partial charge in [0.05, 0.1) is 38.8 Å². The van der Waals surface area contributed by atoms with Crippen LogP contribution in [0.5, 0.6) is 11.5 Å². The Morgan fingerprint density at radius 1 is 1.32 bits per heavy atom. The fraction of sp³-hybridized carbons (Fsp3) is 0.421. The van der Waals surface area contributed by atoms with Gasteiger partial charge in [-0.1, -0.05) is 11.8 Å². The molecule has 1 aliphatic rings. The van der Waals surface area contributed by atoms with Gasteiger partial charge in [0, 0.05) is 17.3 Å². The molecule has 0 saturated carbocycles. The molecule has 1 aromatic carbocycles. The molecule has 0 unspecified atom stereocenters. The highest BCUT2D eigenvalue weighted by Crippen LogP contribution is 2.31. The Morgan fingerprint density at radius 2 is 2.14 bits per heavy atom. The number of hydrogen-bond donors (Lipinski definition) is 2. The molecule has 8 nitrogen and oxygen atoms in total. The molecule has 0 fully saturated rings. The summed E-state index contributed by atoms with van der Waals surface area (Å²) in [6.07, 6.45) is 2.54. The smallest absolute Gasteiger partial charge is 0.348 e. The lowest BCUT2D eigenvalue weighted by atomic mass is 10.2. The summed E-state index contributed by atoms with van der Waals surface area (Å²) < 4.78 is 12.0. The Balaban J connectivity index is 1.73. The van der Waals surface area contributed by atoms with Crippen LogP contribution in [0.1, 0.15) is 17.7 Å². The number of anilines is 1. The van der Waals surface area contributed by atoms with Crippen molar-refractivity contribution in [1.82, 2.24) is 9.55 Å². The van der Waals surface area contributed by atoms with Crippen LogP contribution in [0.15, 0.2) is 28.0 Å². The van der Waals surface area contributed by atoms with E-state index in [1.165, 1.54) is 23.4 Å². The molecule has 0 saturated heterocycles. The van der Waals surface area contributed by atoms with Gasteiger partial charge in [-0.05, 0) is 31.4 Å². The van der Waals surface area contributed by atoms with Gasteiger partial charge in [-0.3, -0.25) is 9.36 Å². The normalized spacial score (nSPS) is 12.5. The standard InChI is InChI=1S/C19H23N3O5S/c1-26-12-6-7-16(27-2)14(10-12)20-17(24)11-28-18-13-4-3-5-15(13)22(8-9-23)19(25)21-18/h6-7,10,23H,3-5,8-9,11H2,1-2H3,(H,20,24). The predicted molar refractivity (Wildman–Crippen MR) is 107 cm³/mol. The summed E-state index contributed by atoms with van der Waals surface area (Å²) in [6.45, 7) is 0.139. The maximum atomic E-state index is 12.4. The molecule has 0 atom stereocenters. The Labute approximate surface area is 166 Å².